The van der Waals surface area contributed by atoms with Gasteiger partial charge in [-0.05, 0) is 17.9 Å². The van der Waals surface area contributed by atoms with Crippen molar-refractivity contribution in [1.29, 1.82) is 0 Å². The molecule has 0 bridgehead atoms. The van der Waals surface area contributed by atoms with Crippen LogP contribution in [0.15, 0.2) is 24.3 Å². The summed E-state index contributed by atoms with van der Waals surface area (Å²) in [5.41, 5.74) is 2.11. The summed E-state index contributed by atoms with van der Waals surface area (Å²) in [4.78, 5) is 11.4. The zero-order valence-corrected chi connectivity index (χ0v) is 10.9. The minimum absolute atomic E-state index is 0.143. The zero-order chi connectivity index (χ0) is 11.3. The van der Waals surface area contributed by atoms with Crippen LogP contribution in [-0.2, 0) is 0 Å². The molecule has 0 aliphatic heterocycles. The first-order valence-corrected chi connectivity index (χ1v) is 6.50. The molecule has 0 heterocycles. The van der Waals surface area contributed by atoms with Crippen LogP contribution in [0.4, 0.5) is 0 Å². The lowest BCUT2D eigenvalue weighted by molar-refractivity contribution is 0.102. The molecule has 0 radical (unpaired) electrons. The average molecular weight is 269 g/mol. The molecule has 82 valence electrons. The van der Waals surface area contributed by atoms with E-state index in [0.717, 1.165) is 5.56 Å². The maximum absolute atomic E-state index is 11.4. The van der Waals surface area contributed by atoms with Gasteiger partial charge in [-0.2, -0.15) is 0 Å². The Hall–Kier alpha value is -0.630. The molecule has 0 saturated heterocycles. The van der Waals surface area contributed by atoms with E-state index in [1.165, 1.54) is 18.4 Å². The molecule has 0 saturated carbocycles. The van der Waals surface area contributed by atoms with Gasteiger partial charge in [0.1, 0.15) is 0 Å². The lowest BCUT2D eigenvalue weighted by Crippen LogP contribution is -2.00. The van der Waals surface area contributed by atoms with E-state index >= 15 is 0 Å². The highest BCUT2D eigenvalue weighted by molar-refractivity contribution is 9.09. The molecule has 0 N–H and O–H groups in total. The van der Waals surface area contributed by atoms with Gasteiger partial charge in [-0.1, -0.05) is 60.5 Å². The van der Waals surface area contributed by atoms with E-state index in [1.807, 2.05) is 12.1 Å². The quantitative estimate of drug-likeness (QED) is 0.579. The number of hydrogen-bond acceptors (Lipinski definition) is 1. The van der Waals surface area contributed by atoms with Crippen molar-refractivity contribution in [1.82, 2.24) is 0 Å². The highest BCUT2D eigenvalue weighted by atomic mass is 79.9. The van der Waals surface area contributed by atoms with Crippen LogP contribution in [0, 0.1) is 0 Å². The number of ketones is 1. The molecular weight excluding hydrogens is 252 g/mol. The monoisotopic (exact) mass is 268 g/mol. The molecule has 1 aromatic carbocycles. The number of hydrogen-bond donors (Lipinski definition) is 0. The van der Waals surface area contributed by atoms with Crippen molar-refractivity contribution in [3.8, 4) is 0 Å². The van der Waals surface area contributed by atoms with Crippen LogP contribution in [0.2, 0.25) is 0 Å². The Kier molecular flexibility index (Phi) is 5.03. The van der Waals surface area contributed by atoms with Crippen LogP contribution < -0.4 is 0 Å². The number of alkyl halides is 1. The number of halogens is 1. The van der Waals surface area contributed by atoms with E-state index < -0.39 is 0 Å². The first-order chi connectivity index (χ1) is 7.19. The van der Waals surface area contributed by atoms with Crippen LogP contribution in [-0.4, -0.2) is 11.1 Å². The lowest BCUT2D eigenvalue weighted by atomic mass is 9.95. The number of benzene rings is 1. The zero-order valence-electron chi connectivity index (χ0n) is 9.29. The van der Waals surface area contributed by atoms with E-state index in [-0.39, 0.29) is 5.78 Å². The summed E-state index contributed by atoms with van der Waals surface area (Å²) < 4.78 is 0. The molecular formula is C13H17BrO. The normalized spacial score (nSPS) is 12.5. The largest absolute Gasteiger partial charge is 0.293 e. The van der Waals surface area contributed by atoms with Gasteiger partial charge in [0.25, 0.3) is 0 Å². The molecule has 1 rings (SSSR count). The van der Waals surface area contributed by atoms with Gasteiger partial charge in [0.05, 0.1) is 5.33 Å². The maximum atomic E-state index is 11.4. The molecule has 0 spiro atoms. The second-order valence-corrected chi connectivity index (χ2v) is 4.43. The van der Waals surface area contributed by atoms with Gasteiger partial charge in [-0.15, -0.1) is 0 Å². The van der Waals surface area contributed by atoms with Gasteiger partial charge in [0, 0.05) is 5.56 Å². The minimum Gasteiger partial charge on any atom is -0.293 e. The second-order valence-electron chi connectivity index (χ2n) is 3.87. The molecule has 2 heteroatoms. The smallest absolute Gasteiger partial charge is 0.173 e. The summed E-state index contributed by atoms with van der Waals surface area (Å²) in [6.45, 7) is 4.42. The molecule has 0 aliphatic rings. The molecule has 15 heavy (non-hydrogen) atoms. The SMILES string of the molecule is CCCC(C)c1ccc(C(=O)CBr)cc1. The van der Waals surface area contributed by atoms with Gasteiger partial charge >= 0.3 is 0 Å². The van der Waals surface area contributed by atoms with Crippen molar-refractivity contribution in [3.63, 3.8) is 0 Å². The van der Waals surface area contributed by atoms with Crippen LogP contribution in [0.5, 0.6) is 0 Å². The Morgan fingerprint density at radius 3 is 2.40 bits per heavy atom. The standard InChI is InChI=1S/C13H17BrO/c1-3-4-10(2)11-5-7-12(8-6-11)13(15)9-14/h5-8,10H,3-4,9H2,1-2H3. The molecule has 1 unspecified atom stereocenters. The summed E-state index contributed by atoms with van der Waals surface area (Å²) >= 11 is 3.17. The van der Waals surface area contributed by atoms with Crippen molar-refractivity contribution in [3.05, 3.63) is 35.4 Å². The summed E-state index contributed by atoms with van der Waals surface area (Å²) in [7, 11) is 0. The van der Waals surface area contributed by atoms with Crippen LogP contribution in [0.25, 0.3) is 0 Å². The molecule has 0 aliphatic carbocycles. The van der Waals surface area contributed by atoms with Crippen molar-refractivity contribution < 1.29 is 4.79 Å². The fourth-order valence-corrected chi connectivity index (χ4v) is 2.00. The van der Waals surface area contributed by atoms with Gasteiger partial charge in [-0.3, -0.25) is 4.79 Å². The van der Waals surface area contributed by atoms with Gasteiger partial charge in [0.2, 0.25) is 0 Å². The molecule has 0 aromatic heterocycles. The minimum atomic E-state index is 0.143. The highest BCUT2D eigenvalue weighted by Gasteiger charge is 2.06. The Bertz CT molecular complexity index is 316. The van der Waals surface area contributed by atoms with E-state index in [2.05, 4.69) is 41.9 Å². The van der Waals surface area contributed by atoms with Gasteiger partial charge in [0.15, 0.2) is 5.78 Å². The Morgan fingerprint density at radius 1 is 1.33 bits per heavy atom. The first-order valence-electron chi connectivity index (χ1n) is 5.38. The Balaban J connectivity index is 2.76. The topological polar surface area (TPSA) is 17.1 Å². The number of carbonyl (C=O) groups is 1. The van der Waals surface area contributed by atoms with Crippen molar-refractivity contribution in [2.24, 2.45) is 0 Å². The second kappa shape index (κ2) is 6.06. The predicted molar refractivity (Wildman–Crippen MR) is 67.9 cm³/mol. The third-order valence-corrected chi connectivity index (χ3v) is 3.15. The van der Waals surface area contributed by atoms with Gasteiger partial charge in [-0.25, -0.2) is 0 Å². The van der Waals surface area contributed by atoms with E-state index in [0.29, 0.717) is 11.2 Å². The van der Waals surface area contributed by atoms with Crippen LogP contribution in [0.3, 0.4) is 0 Å². The predicted octanol–water partition coefficient (Wildman–Crippen LogP) is 4.17. The van der Waals surface area contributed by atoms with Crippen molar-refractivity contribution in [2.75, 3.05) is 5.33 Å². The summed E-state index contributed by atoms with van der Waals surface area (Å²) in [5, 5.41) is 0.400. The van der Waals surface area contributed by atoms with Crippen LogP contribution in [0.1, 0.15) is 48.5 Å². The van der Waals surface area contributed by atoms with E-state index in [9.17, 15) is 4.79 Å². The first kappa shape index (κ1) is 12.4. The fraction of sp³-hybridized carbons (Fsp3) is 0.462. The molecule has 1 atom stereocenters. The number of rotatable bonds is 5. The highest BCUT2D eigenvalue weighted by Crippen LogP contribution is 2.20. The lowest BCUT2D eigenvalue weighted by Gasteiger charge is -2.10. The molecule has 0 amide bonds. The van der Waals surface area contributed by atoms with Crippen molar-refractivity contribution >= 4 is 21.7 Å². The van der Waals surface area contributed by atoms with E-state index in [1.54, 1.807) is 0 Å². The van der Waals surface area contributed by atoms with E-state index in [4.69, 9.17) is 0 Å². The average Bonchev–Trinajstić information content (AvgIpc) is 2.28. The van der Waals surface area contributed by atoms with Crippen molar-refractivity contribution in [2.45, 2.75) is 32.6 Å². The molecule has 0 fully saturated rings. The number of carbonyl (C=O) groups excluding carboxylic acids is 1. The number of Topliss-reactive ketones (excluding diaryl/α,β-unsaturated/α-hetero) is 1. The molecule has 1 aromatic rings. The summed E-state index contributed by atoms with van der Waals surface area (Å²) in [6.07, 6.45) is 2.40. The fourth-order valence-electron chi connectivity index (χ4n) is 1.67. The summed E-state index contributed by atoms with van der Waals surface area (Å²) in [6, 6.07) is 7.97. The Labute approximate surface area is 100 Å². The third-order valence-electron chi connectivity index (χ3n) is 2.64. The molecule has 1 nitrogen and oxygen atoms in total. The van der Waals surface area contributed by atoms with Crippen LogP contribution >= 0.6 is 15.9 Å². The Morgan fingerprint density at radius 2 is 1.93 bits per heavy atom. The maximum Gasteiger partial charge on any atom is 0.173 e. The third kappa shape index (κ3) is 3.45. The van der Waals surface area contributed by atoms with Gasteiger partial charge < -0.3 is 0 Å². The summed E-state index contributed by atoms with van der Waals surface area (Å²) in [5.74, 6) is 0.729.